The summed E-state index contributed by atoms with van der Waals surface area (Å²) < 4.78 is 0.776. The minimum Gasteiger partial charge on any atom is -0.356 e. The normalized spacial score (nSPS) is 11.8. The van der Waals surface area contributed by atoms with E-state index in [2.05, 4.69) is 58.9 Å². The summed E-state index contributed by atoms with van der Waals surface area (Å²) in [5, 5.41) is 15.2. The second-order valence-corrected chi connectivity index (χ2v) is 8.68. The zero-order chi connectivity index (χ0) is 19.8. The number of nitrogens with one attached hydrogen (secondary N) is 2. The number of rotatable bonds is 9. The number of thioether (sulfide) groups is 1. The zero-order valence-electron chi connectivity index (χ0n) is 16.0. The fraction of sp³-hybridized carbons (Fsp3) is 0.286. The molecule has 2 N–H and O–H groups in total. The standard InChI is InChI=1S/C21H24N4OS2/c1-3-15(2)17-9-11-18(12-10-17)23-19(26)14-27-21-25-24-20(28-21)22-13-16-7-5-4-6-8-16/h4-12,15H,3,13-14H2,1-2H3,(H,22,24)(H,23,26)/t15-/m0/s1. The molecule has 7 heteroatoms. The molecule has 0 aliphatic rings. The molecule has 0 aliphatic carbocycles. The second-order valence-electron chi connectivity index (χ2n) is 6.48. The lowest BCUT2D eigenvalue weighted by atomic mass is 9.99. The van der Waals surface area contributed by atoms with Crippen molar-refractivity contribution >= 4 is 39.8 Å². The highest BCUT2D eigenvalue weighted by molar-refractivity contribution is 8.01. The van der Waals surface area contributed by atoms with Crippen LogP contribution in [0.4, 0.5) is 10.8 Å². The highest BCUT2D eigenvalue weighted by Crippen LogP contribution is 2.26. The highest BCUT2D eigenvalue weighted by atomic mass is 32.2. The summed E-state index contributed by atoms with van der Waals surface area (Å²) in [6, 6.07) is 18.2. The lowest BCUT2D eigenvalue weighted by Crippen LogP contribution is -2.13. The zero-order valence-corrected chi connectivity index (χ0v) is 17.6. The van der Waals surface area contributed by atoms with Gasteiger partial charge in [0.25, 0.3) is 0 Å². The fourth-order valence-corrected chi connectivity index (χ4v) is 4.12. The Bertz CT molecular complexity index is 881. The molecule has 0 unspecified atom stereocenters. The maximum Gasteiger partial charge on any atom is 0.234 e. The molecular weight excluding hydrogens is 388 g/mol. The third kappa shape index (κ3) is 6.07. The van der Waals surface area contributed by atoms with Gasteiger partial charge in [-0.3, -0.25) is 4.79 Å². The molecule has 0 fully saturated rings. The predicted molar refractivity (Wildman–Crippen MR) is 118 cm³/mol. The van der Waals surface area contributed by atoms with Crippen molar-refractivity contribution in [3.8, 4) is 0 Å². The highest BCUT2D eigenvalue weighted by Gasteiger charge is 2.09. The van der Waals surface area contributed by atoms with E-state index in [1.54, 1.807) is 0 Å². The van der Waals surface area contributed by atoms with Crippen molar-refractivity contribution in [3.05, 3.63) is 65.7 Å². The summed E-state index contributed by atoms with van der Waals surface area (Å²) in [5.41, 5.74) is 3.30. The molecule has 28 heavy (non-hydrogen) atoms. The van der Waals surface area contributed by atoms with Crippen molar-refractivity contribution in [2.75, 3.05) is 16.4 Å². The number of anilines is 2. The van der Waals surface area contributed by atoms with E-state index in [-0.39, 0.29) is 5.91 Å². The van der Waals surface area contributed by atoms with Gasteiger partial charge in [-0.25, -0.2) is 0 Å². The van der Waals surface area contributed by atoms with Crippen LogP contribution in [0, 0.1) is 0 Å². The number of nitrogens with zero attached hydrogens (tertiary/aromatic N) is 2. The smallest absolute Gasteiger partial charge is 0.234 e. The quantitative estimate of drug-likeness (QED) is 0.461. The summed E-state index contributed by atoms with van der Waals surface area (Å²) >= 11 is 2.85. The van der Waals surface area contributed by atoms with Gasteiger partial charge in [-0.05, 0) is 35.6 Å². The van der Waals surface area contributed by atoms with Crippen LogP contribution in [0.5, 0.6) is 0 Å². The Balaban J connectivity index is 1.44. The van der Waals surface area contributed by atoms with E-state index in [9.17, 15) is 4.79 Å². The molecule has 3 rings (SSSR count). The van der Waals surface area contributed by atoms with Crippen molar-refractivity contribution in [2.24, 2.45) is 0 Å². The molecule has 1 atom stereocenters. The number of hydrogen-bond acceptors (Lipinski definition) is 6. The molecule has 0 spiro atoms. The first kappa shape index (κ1) is 20.4. The molecule has 146 valence electrons. The lowest BCUT2D eigenvalue weighted by molar-refractivity contribution is -0.113. The van der Waals surface area contributed by atoms with Crippen molar-refractivity contribution in [1.82, 2.24) is 10.2 Å². The van der Waals surface area contributed by atoms with Crippen molar-refractivity contribution in [2.45, 2.75) is 37.1 Å². The Kier molecular flexibility index (Phi) is 7.45. The molecule has 2 aromatic carbocycles. The van der Waals surface area contributed by atoms with Gasteiger partial charge >= 0.3 is 0 Å². The number of amides is 1. The van der Waals surface area contributed by atoms with Gasteiger partial charge in [-0.2, -0.15) is 0 Å². The number of carbonyl (C=O) groups is 1. The van der Waals surface area contributed by atoms with Crippen molar-refractivity contribution in [3.63, 3.8) is 0 Å². The van der Waals surface area contributed by atoms with E-state index < -0.39 is 0 Å². The second kappa shape index (κ2) is 10.2. The van der Waals surface area contributed by atoms with E-state index in [1.807, 2.05) is 30.3 Å². The van der Waals surface area contributed by atoms with Crippen molar-refractivity contribution in [1.29, 1.82) is 0 Å². The van der Waals surface area contributed by atoms with Gasteiger partial charge in [-0.1, -0.05) is 79.4 Å². The predicted octanol–water partition coefficient (Wildman–Crippen LogP) is 5.39. The molecule has 0 saturated heterocycles. The summed E-state index contributed by atoms with van der Waals surface area (Å²) in [6.07, 6.45) is 1.10. The molecule has 0 saturated carbocycles. The Morgan fingerprint density at radius 3 is 2.57 bits per heavy atom. The van der Waals surface area contributed by atoms with Gasteiger partial charge < -0.3 is 10.6 Å². The van der Waals surface area contributed by atoms with Gasteiger partial charge in [0.2, 0.25) is 11.0 Å². The Hall–Kier alpha value is -2.38. The summed E-state index contributed by atoms with van der Waals surface area (Å²) in [6.45, 7) is 5.08. The van der Waals surface area contributed by atoms with Crippen LogP contribution in [0.1, 0.15) is 37.3 Å². The average Bonchev–Trinajstić information content (AvgIpc) is 3.19. The van der Waals surface area contributed by atoms with Crippen LogP contribution in [0.3, 0.4) is 0 Å². The van der Waals surface area contributed by atoms with Crippen LogP contribution in [0.15, 0.2) is 58.9 Å². The van der Waals surface area contributed by atoms with Gasteiger partial charge in [0.15, 0.2) is 4.34 Å². The minimum absolute atomic E-state index is 0.0460. The number of aromatic nitrogens is 2. The Labute approximate surface area is 174 Å². The molecule has 1 aromatic heterocycles. The maximum absolute atomic E-state index is 12.2. The first-order valence-corrected chi connectivity index (χ1v) is 11.1. The molecule has 5 nitrogen and oxygen atoms in total. The van der Waals surface area contributed by atoms with Crippen LogP contribution >= 0.6 is 23.1 Å². The first-order valence-electron chi connectivity index (χ1n) is 9.28. The Morgan fingerprint density at radius 2 is 1.86 bits per heavy atom. The number of carbonyl (C=O) groups excluding carboxylic acids is 1. The van der Waals surface area contributed by atoms with Crippen LogP contribution < -0.4 is 10.6 Å². The SMILES string of the molecule is CC[C@H](C)c1ccc(NC(=O)CSc2nnc(NCc3ccccc3)s2)cc1. The molecule has 1 heterocycles. The summed E-state index contributed by atoms with van der Waals surface area (Å²) in [4.78, 5) is 12.2. The third-order valence-corrected chi connectivity index (χ3v) is 6.41. The van der Waals surface area contributed by atoms with E-state index in [0.29, 0.717) is 18.2 Å². The summed E-state index contributed by atoms with van der Waals surface area (Å²) in [7, 11) is 0. The third-order valence-electron chi connectivity index (χ3n) is 4.40. The number of hydrogen-bond donors (Lipinski definition) is 2. The monoisotopic (exact) mass is 412 g/mol. The minimum atomic E-state index is -0.0460. The molecule has 3 aromatic rings. The van der Waals surface area contributed by atoms with Crippen LogP contribution in [-0.2, 0) is 11.3 Å². The maximum atomic E-state index is 12.2. The fourth-order valence-electron chi connectivity index (χ4n) is 2.57. The van der Waals surface area contributed by atoms with Crippen LogP contribution in [0.2, 0.25) is 0 Å². The lowest BCUT2D eigenvalue weighted by Gasteiger charge is -2.10. The first-order chi connectivity index (χ1) is 13.6. The topological polar surface area (TPSA) is 66.9 Å². The van der Waals surface area contributed by atoms with E-state index in [4.69, 9.17) is 0 Å². The molecule has 0 bridgehead atoms. The van der Waals surface area contributed by atoms with E-state index in [0.717, 1.165) is 21.6 Å². The average molecular weight is 413 g/mol. The van der Waals surface area contributed by atoms with E-state index >= 15 is 0 Å². The number of benzene rings is 2. The molecule has 0 radical (unpaired) electrons. The van der Waals surface area contributed by atoms with E-state index in [1.165, 1.54) is 34.2 Å². The van der Waals surface area contributed by atoms with Crippen LogP contribution in [-0.4, -0.2) is 21.9 Å². The molecule has 0 aliphatic heterocycles. The van der Waals surface area contributed by atoms with Crippen molar-refractivity contribution < 1.29 is 4.79 Å². The van der Waals surface area contributed by atoms with Gasteiger partial charge in [-0.15, -0.1) is 10.2 Å². The Morgan fingerprint density at radius 1 is 1.11 bits per heavy atom. The summed E-state index contributed by atoms with van der Waals surface area (Å²) in [5.74, 6) is 0.790. The molecule has 1 amide bonds. The van der Waals surface area contributed by atoms with Gasteiger partial charge in [0.05, 0.1) is 5.75 Å². The molecular formula is C21H24N4OS2. The largest absolute Gasteiger partial charge is 0.356 e. The van der Waals surface area contributed by atoms with Gasteiger partial charge in [0.1, 0.15) is 0 Å². The van der Waals surface area contributed by atoms with Crippen LogP contribution in [0.25, 0.3) is 0 Å². The van der Waals surface area contributed by atoms with Gasteiger partial charge in [0, 0.05) is 12.2 Å².